The van der Waals surface area contributed by atoms with Gasteiger partial charge < -0.3 is 10.6 Å². The first-order valence-corrected chi connectivity index (χ1v) is 13.2. The van der Waals surface area contributed by atoms with Crippen molar-refractivity contribution >= 4 is 5.91 Å². The summed E-state index contributed by atoms with van der Waals surface area (Å²) in [6.45, 7) is 7.41. The van der Waals surface area contributed by atoms with Crippen LogP contribution in [0.25, 0.3) is 11.3 Å². The lowest BCUT2D eigenvalue weighted by Crippen LogP contribution is -2.42. The zero-order valence-corrected chi connectivity index (χ0v) is 22.4. The van der Waals surface area contributed by atoms with Crippen LogP contribution >= 0.6 is 0 Å². The number of rotatable bonds is 10. The van der Waals surface area contributed by atoms with Gasteiger partial charge in [-0.3, -0.25) is 14.2 Å². The maximum Gasteiger partial charge on any atom is 0.254 e. The van der Waals surface area contributed by atoms with Crippen LogP contribution in [0.15, 0.2) is 95.8 Å². The number of benzene rings is 3. The second kappa shape index (κ2) is 12.5. The third-order valence-corrected chi connectivity index (χ3v) is 6.69. The number of hydrogen-bond acceptors (Lipinski definition) is 4. The fraction of sp³-hybridized carbons (Fsp3) is 0.281. The summed E-state index contributed by atoms with van der Waals surface area (Å²) in [6.07, 6.45) is 0.641. The first-order valence-electron chi connectivity index (χ1n) is 13.2. The zero-order valence-electron chi connectivity index (χ0n) is 22.4. The molecular weight excluding hydrogens is 472 g/mol. The van der Waals surface area contributed by atoms with E-state index in [0.717, 1.165) is 16.7 Å². The molecule has 0 aliphatic rings. The number of amides is 1. The molecule has 1 unspecified atom stereocenters. The van der Waals surface area contributed by atoms with Gasteiger partial charge in [0, 0.05) is 23.7 Å². The number of nitrogens with two attached hydrogens (primary N) is 1. The Kier molecular flexibility index (Phi) is 8.87. The molecule has 4 rings (SSSR count). The van der Waals surface area contributed by atoms with Gasteiger partial charge in [0.1, 0.15) is 5.82 Å². The van der Waals surface area contributed by atoms with Crippen molar-refractivity contribution in [2.24, 2.45) is 11.7 Å². The van der Waals surface area contributed by atoms with Crippen LogP contribution in [0.5, 0.6) is 0 Å². The molecule has 0 aliphatic carbocycles. The molecule has 2 N–H and O–H groups in total. The first kappa shape index (κ1) is 27.0. The molecule has 4 aromatic rings. The van der Waals surface area contributed by atoms with Crippen LogP contribution < -0.4 is 11.3 Å². The number of hydrogen-bond donors (Lipinski definition) is 1. The van der Waals surface area contributed by atoms with E-state index < -0.39 is 6.04 Å². The lowest BCUT2D eigenvalue weighted by Gasteiger charge is -2.35. The molecule has 1 aromatic heterocycles. The highest BCUT2D eigenvalue weighted by atomic mass is 16.2. The number of carbonyl (C=O) groups is 1. The minimum absolute atomic E-state index is 0.0119. The Hall–Kier alpha value is -4.03. The summed E-state index contributed by atoms with van der Waals surface area (Å²) in [5, 5.41) is 0. The van der Waals surface area contributed by atoms with Crippen LogP contribution in [0.1, 0.15) is 53.6 Å². The Bertz CT molecular complexity index is 1400. The Morgan fingerprint density at radius 2 is 1.58 bits per heavy atom. The Balaban J connectivity index is 1.90. The second-order valence-electron chi connectivity index (χ2n) is 9.97. The van der Waals surface area contributed by atoms with Crippen molar-refractivity contribution < 1.29 is 4.79 Å². The van der Waals surface area contributed by atoms with Gasteiger partial charge in [-0.1, -0.05) is 92.2 Å². The fourth-order valence-corrected chi connectivity index (χ4v) is 4.72. The van der Waals surface area contributed by atoms with Crippen LogP contribution in [0, 0.1) is 12.8 Å². The van der Waals surface area contributed by atoms with Gasteiger partial charge in [0.15, 0.2) is 0 Å². The van der Waals surface area contributed by atoms with Gasteiger partial charge in [-0.2, -0.15) is 0 Å². The molecule has 0 saturated carbocycles. The van der Waals surface area contributed by atoms with Crippen molar-refractivity contribution in [3.8, 4) is 11.3 Å². The fourth-order valence-electron chi connectivity index (χ4n) is 4.72. The summed E-state index contributed by atoms with van der Waals surface area (Å²) in [6, 6.07) is 28.3. The Morgan fingerprint density at radius 3 is 2.18 bits per heavy atom. The quantitative estimate of drug-likeness (QED) is 0.309. The molecule has 0 spiro atoms. The highest BCUT2D eigenvalue weighted by Gasteiger charge is 2.32. The average Bonchev–Trinajstić information content (AvgIpc) is 2.93. The monoisotopic (exact) mass is 508 g/mol. The van der Waals surface area contributed by atoms with Gasteiger partial charge in [0.25, 0.3) is 11.5 Å². The number of carbonyl (C=O) groups excluding carboxylic acids is 1. The smallest absolute Gasteiger partial charge is 0.254 e. The van der Waals surface area contributed by atoms with Crippen LogP contribution in [-0.2, 0) is 6.54 Å². The predicted octanol–water partition coefficient (Wildman–Crippen LogP) is 5.46. The van der Waals surface area contributed by atoms with E-state index >= 15 is 0 Å². The second-order valence-corrected chi connectivity index (χ2v) is 9.97. The van der Waals surface area contributed by atoms with Crippen molar-refractivity contribution in [3.05, 3.63) is 124 Å². The average molecular weight is 509 g/mol. The van der Waals surface area contributed by atoms with Gasteiger partial charge in [0.2, 0.25) is 0 Å². The van der Waals surface area contributed by atoms with E-state index in [1.807, 2.05) is 96.8 Å². The van der Waals surface area contributed by atoms with Crippen molar-refractivity contribution in [1.29, 1.82) is 0 Å². The number of aryl methyl sites for hydroxylation is 1. The predicted molar refractivity (Wildman–Crippen MR) is 153 cm³/mol. The summed E-state index contributed by atoms with van der Waals surface area (Å²) < 4.78 is 1.71. The number of aromatic nitrogens is 2. The summed E-state index contributed by atoms with van der Waals surface area (Å²) in [4.78, 5) is 34.6. The molecule has 1 heterocycles. The third-order valence-electron chi connectivity index (χ3n) is 6.69. The molecule has 38 heavy (non-hydrogen) atoms. The summed E-state index contributed by atoms with van der Waals surface area (Å²) in [7, 11) is 0. The molecular formula is C32H36N4O2. The molecule has 0 aliphatic heterocycles. The largest absolute Gasteiger partial charge is 0.330 e. The summed E-state index contributed by atoms with van der Waals surface area (Å²) in [5.74, 6) is 0.470. The molecule has 196 valence electrons. The van der Waals surface area contributed by atoms with Crippen LogP contribution in [0.3, 0.4) is 0 Å². The first-order chi connectivity index (χ1) is 18.4. The van der Waals surface area contributed by atoms with Gasteiger partial charge in [0.05, 0.1) is 18.3 Å². The maximum atomic E-state index is 14.0. The van der Waals surface area contributed by atoms with Crippen molar-refractivity contribution in [3.63, 3.8) is 0 Å². The Morgan fingerprint density at radius 1 is 0.947 bits per heavy atom. The zero-order chi connectivity index (χ0) is 27.1. The molecule has 0 saturated heterocycles. The lowest BCUT2D eigenvalue weighted by atomic mass is 9.98. The highest BCUT2D eigenvalue weighted by Crippen LogP contribution is 2.30. The molecule has 1 amide bonds. The number of nitrogens with zero attached hydrogens (tertiary/aromatic N) is 3. The minimum atomic E-state index is -0.435. The van der Waals surface area contributed by atoms with Crippen molar-refractivity contribution in [2.75, 3.05) is 13.1 Å². The molecule has 1 atom stereocenters. The Labute approximate surface area is 224 Å². The minimum Gasteiger partial charge on any atom is -0.330 e. The van der Waals surface area contributed by atoms with E-state index in [2.05, 4.69) is 13.8 Å². The molecule has 6 nitrogen and oxygen atoms in total. The van der Waals surface area contributed by atoms with Crippen molar-refractivity contribution in [2.45, 2.75) is 39.8 Å². The normalized spacial score (nSPS) is 11.9. The summed E-state index contributed by atoms with van der Waals surface area (Å²) >= 11 is 0. The molecule has 6 heteroatoms. The van der Waals surface area contributed by atoms with Crippen LogP contribution in [0.2, 0.25) is 0 Å². The topological polar surface area (TPSA) is 81.2 Å². The highest BCUT2D eigenvalue weighted by molar-refractivity contribution is 5.94. The molecule has 0 fully saturated rings. The van der Waals surface area contributed by atoms with E-state index in [-0.39, 0.29) is 17.4 Å². The van der Waals surface area contributed by atoms with Gasteiger partial charge in [-0.25, -0.2) is 4.98 Å². The standard InChI is InChI=1S/C32H36N4O2/c1-23(2)30(35(20-10-19-33)32(38)27-17-15-24(3)16-18-27)31-34-28(26-13-8-5-9-14-26)21-29(37)36(31)22-25-11-6-4-7-12-25/h4-9,11-18,21,23,30H,10,19-20,22,33H2,1-3H3. The van der Waals surface area contributed by atoms with Gasteiger partial charge in [-0.05, 0) is 43.5 Å². The molecule has 3 aromatic carbocycles. The SMILES string of the molecule is Cc1ccc(C(=O)N(CCCN)C(c2nc(-c3ccccc3)cc(=O)n2Cc2ccccc2)C(C)C)cc1. The van der Waals surface area contributed by atoms with E-state index in [1.165, 1.54) is 0 Å². The van der Waals surface area contributed by atoms with E-state index in [1.54, 1.807) is 10.6 Å². The third kappa shape index (κ3) is 6.26. The van der Waals surface area contributed by atoms with Crippen molar-refractivity contribution in [1.82, 2.24) is 14.5 Å². The van der Waals surface area contributed by atoms with Crippen LogP contribution in [-0.4, -0.2) is 33.4 Å². The van der Waals surface area contributed by atoms with E-state index in [9.17, 15) is 9.59 Å². The van der Waals surface area contributed by atoms with Gasteiger partial charge >= 0.3 is 0 Å². The van der Waals surface area contributed by atoms with E-state index in [4.69, 9.17) is 10.7 Å². The van der Waals surface area contributed by atoms with E-state index in [0.29, 0.717) is 43.1 Å². The maximum absolute atomic E-state index is 14.0. The molecule has 0 bridgehead atoms. The summed E-state index contributed by atoms with van der Waals surface area (Å²) in [5.41, 5.74) is 9.89. The van der Waals surface area contributed by atoms with Gasteiger partial charge in [-0.15, -0.1) is 0 Å². The molecule has 0 radical (unpaired) electrons. The lowest BCUT2D eigenvalue weighted by molar-refractivity contribution is 0.0602. The van der Waals surface area contributed by atoms with Crippen LogP contribution in [0.4, 0.5) is 0 Å².